The Bertz CT molecular complexity index is 709. The van der Waals surface area contributed by atoms with Gasteiger partial charge in [0.15, 0.2) is 0 Å². The molecule has 0 saturated heterocycles. The quantitative estimate of drug-likeness (QED) is 0.760. The maximum absolute atomic E-state index is 13.7. The minimum absolute atomic E-state index is 0.311. The molecule has 1 fully saturated rings. The Kier molecular flexibility index (Phi) is 5.48. The van der Waals surface area contributed by atoms with E-state index in [2.05, 4.69) is 20.7 Å². The van der Waals surface area contributed by atoms with Crippen LogP contribution < -0.4 is 4.72 Å². The Hall–Kier alpha value is -0.990. The molecule has 1 aromatic rings. The Morgan fingerprint density at radius 3 is 2.78 bits per heavy atom. The van der Waals surface area contributed by atoms with Crippen molar-refractivity contribution >= 4 is 31.9 Å². The molecular weight excluding hydrogens is 389 g/mol. The van der Waals surface area contributed by atoms with Gasteiger partial charge in [-0.25, -0.2) is 17.5 Å². The number of esters is 1. The second kappa shape index (κ2) is 6.86. The lowest BCUT2D eigenvalue weighted by Gasteiger charge is -2.26. The molecule has 1 aromatic carbocycles. The highest BCUT2D eigenvalue weighted by atomic mass is 79.9. The third-order valence-corrected chi connectivity index (χ3v) is 5.54. The van der Waals surface area contributed by atoms with E-state index in [4.69, 9.17) is 4.74 Å². The zero-order valence-corrected chi connectivity index (χ0v) is 15.3. The minimum atomic E-state index is -3.34. The average molecular weight is 408 g/mol. The highest BCUT2D eigenvalue weighted by Gasteiger charge is 2.46. The second-order valence-corrected chi connectivity index (χ2v) is 8.66. The molecule has 0 bridgehead atoms. The van der Waals surface area contributed by atoms with Crippen molar-refractivity contribution in [3.05, 3.63) is 34.1 Å². The first-order valence-electron chi connectivity index (χ1n) is 7.15. The summed E-state index contributed by atoms with van der Waals surface area (Å²) in [5.74, 6) is -0.787. The van der Waals surface area contributed by atoms with Gasteiger partial charge in [0.05, 0.1) is 23.3 Å². The molecular formula is C15H19BrFNO4S. The summed E-state index contributed by atoms with van der Waals surface area (Å²) < 4.78 is 44.3. The van der Waals surface area contributed by atoms with Crippen molar-refractivity contribution in [3.8, 4) is 0 Å². The summed E-state index contributed by atoms with van der Waals surface area (Å²) in [4.78, 5) is 12.3. The molecule has 2 rings (SSSR count). The molecule has 0 spiro atoms. The smallest absolute Gasteiger partial charge is 0.312 e. The molecule has 1 N–H and O–H groups in total. The molecule has 0 amide bonds. The molecule has 1 aliphatic carbocycles. The van der Waals surface area contributed by atoms with E-state index in [9.17, 15) is 17.6 Å². The predicted octanol–water partition coefficient (Wildman–Crippen LogP) is 2.39. The number of halogens is 2. The Morgan fingerprint density at radius 2 is 2.22 bits per heavy atom. The zero-order chi connectivity index (χ0) is 17.3. The van der Waals surface area contributed by atoms with E-state index in [0.717, 1.165) is 6.26 Å². The molecule has 0 unspecified atom stereocenters. The Morgan fingerprint density at radius 1 is 1.52 bits per heavy atom. The van der Waals surface area contributed by atoms with Gasteiger partial charge in [-0.1, -0.05) is 6.07 Å². The number of carbonyl (C=O) groups excluding carboxylic acids is 1. The normalized spacial score (nSPS) is 24.6. The third kappa shape index (κ3) is 4.51. The molecule has 0 aliphatic heterocycles. The van der Waals surface area contributed by atoms with Crippen LogP contribution in [0.2, 0.25) is 0 Å². The third-order valence-electron chi connectivity index (χ3n) is 4.13. The van der Waals surface area contributed by atoms with Crippen LogP contribution in [0.3, 0.4) is 0 Å². The first kappa shape index (κ1) is 18.4. The number of hydrogen-bond donors (Lipinski definition) is 1. The van der Waals surface area contributed by atoms with E-state index in [-0.39, 0.29) is 6.04 Å². The Labute approximate surface area is 143 Å². The van der Waals surface area contributed by atoms with E-state index < -0.39 is 27.2 Å². The number of rotatable bonds is 5. The molecule has 128 valence electrons. The lowest BCUT2D eigenvalue weighted by Crippen LogP contribution is -2.37. The summed E-state index contributed by atoms with van der Waals surface area (Å²) in [5, 5.41) is 0. The lowest BCUT2D eigenvalue weighted by atomic mass is 9.80. The highest BCUT2D eigenvalue weighted by molar-refractivity contribution is 9.10. The van der Waals surface area contributed by atoms with Crippen LogP contribution in [-0.4, -0.2) is 33.8 Å². The maximum atomic E-state index is 13.7. The highest BCUT2D eigenvalue weighted by Crippen LogP contribution is 2.42. The standard InChI is InChI=1S/C15H19BrFNO4S/c1-22-14(19)15(6-5-11(9-15)18-23(2,20)21)8-10-3-4-12(16)13(17)7-10/h3-4,7,11,18H,5-6,8-9H2,1-2H3/t11-,15+/m0/s1. The van der Waals surface area contributed by atoms with Crippen LogP contribution in [0.5, 0.6) is 0 Å². The van der Waals surface area contributed by atoms with Crippen molar-refractivity contribution in [2.24, 2.45) is 5.41 Å². The van der Waals surface area contributed by atoms with Crippen LogP contribution >= 0.6 is 15.9 Å². The van der Waals surface area contributed by atoms with Gasteiger partial charge in [-0.3, -0.25) is 4.79 Å². The summed E-state index contributed by atoms with van der Waals surface area (Å²) in [7, 11) is -2.03. The summed E-state index contributed by atoms with van der Waals surface area (Å²) in [6.45, 7) is 0. The van der Waals surface area contributed by atoms with E-state index in [0.29, 0.717) is 35.7 Å². The number of hydrogen-bond acceptors (Lipinski definition) is 4. The van der Waals surface area contributed by atoms with Gasteiger partial charge in [-0.15, -0.1) is 0 Å². The minimum Gasteiger partial charge on any atom is -0.469 e. The van der Waals surface area contributed by atoms with Gasteiger partial charge in [-0.2, -0.15) is 0 Å². The average Bonchev–Trinajstić information content (AvgIpc) is 2.84. The van der Waals surface area contributed by atoms with Crippen molar-refractivity contribution in [2.45, 2.75) is 31.7 Å². The largest absolute Gasteiger partial charge is 0.469 e. The van der Waals surface area contributed by atoms with Gasteiger partial charge >= 0.3 is 5.97 Å². The van der Waals surface area contributed by atoms with Crippen LogP contribution in [-0.2, 0) is 26.0 Å². The van der Waals surface area contributed by atoms with Crippen molar-refractivity contribution < 1.29 is 22.3 Å². The molecule has 5 nitrogen and oxygen atoms in total. The van der Waals surface area contributed by atoms with Crippen LogP contribution in [0.4, 0.5) is 4.39 Å². The number of methoxy groups -OCH3 is 1. The summed E-state index contributed by atoms with van der Waals surface area (Å²) >= 11 is 3.10. The van der Waals surface area contributed by atoms with Gasteiger partial charge in [0.25, 0.3) is 0 Å². The van der Waals surface area contributed by atoms with Gasteiger partial charge in [0.1, 0.15) is 5.82 Å². The number of nitrogens with one attached hydrogen (secondary N) is 1. The first-order valence-corrected chi connectivity index (χ1v) is 9.83. The van der Waals surface area contributed by atoms with Crippen LogP contribution in [0, 0.1) is 11.2 Å². The van der Waals surface area contributed by atoms with Gasteiger partial charge in [0.2, 0.25) is 10.0 Å². The molecule has 0 heterocycles. The van der Waals surface area contributed by atoms with Crippen molar-refractivity contribution in [2.75, 3.05) is 13.4 Å². The molecule has 2 atom stereocenters. The van der Waals surface area contributed by atoms with Crippen LogP contribution in [0.15, 0.2) is 22.7 Å². The molecule has 0 aromatic heterocycles. The van der Waals surface area contributed by atoms with Gasteiger partial charge < -0.3 is 4.74 Å². The summed E-state index contributed by atoms with van der Waals surface area (Å²) in [6.07, 6.45) is 2.78. The van der Waals surface area contributed by atoms with E-state index in [1.165, 1.54) is 13.2 Å². The van der Waals surface area contributed by atoms with Crippen LogP contribution in [0.25, 0.3) is 0 Å². The Balaban J connectivity index is 2.24. The first-order chi connectivity index (χ1) is 10.6. The summed E-state index contributed by atoms with van der Waals surface area (Å²) in [6, 6.07) is 4.40. The predicted molar refractivity (Wildman–Crippen MR) is 87.9 cm³/mol. The molecule has 1 aliphatic rings. The van der Waals surface area contributed by atoms with Crippen molar-refractivity contribution in [3.63, 3.8) is 0 Å². The number of benzene rings is 1. The van der Waals surface area contributed by atoms with E-state index >= 15 is 0 Å². The number of carbonyl (C=O) groups is 1. The fourth-order valence-electron chi connectivity index (χ4n) is 3.20. The fraction of sp³-hybridized carbons (Fsp3) is 0.533. The second-order valence-electron chi connectivity index (χ2n) is 6.03. The summed E-state index contributed by atoms with van der Waals surface area (Å²) in [5.41, 5.74) is -0.159. The van der Waals surface area contributed by atoms with Crippen molar-refractivity contribution in [1.82, 2.24) is 4.72 Å². The van der Waals surface area contributed by atoms with E-state index in [1.54, 1.807) is 12.1 Å². The monoisotopic (exact) mass is 407 g/mol. The molecule has 1 saturated carbocycles. The fourth-order valence-corrected chi connectivity index (χ4v) is 4.26. The molecule has 23 heavy (non-hydrogen) atoms. The molecule has 0 radical (unpaired) electrons. The van der Waals surface area contributed by atoms with E-state index in [1.807, 2.05) is 0 Å². The molecule has 8 heteroatoms. The SMILES string of the molecule is COC(=O)[C@@]1(Cc2ccc(Br)c(F)c2)CC[C@H](NS(C)(=O)=O)C1. The van der Waals surface area contributed by atoms with Crippen LogP contribution in [0.1, 0.15) is 24.8 Å². The number of sulfonamides is 1. The van der Waals surface area contributed by atoms with Gasteiger partial charge in [-0.05, 0) is 59.3 Å². The maximum Gasteiger partial charge on any atom is 0.312 e. The van der Waals surface area contributed by atoms with Gasteiger partial charge in [0, 0.05) is 6.04 Å². The van der Waals surface area contributed by atoms with Crippen molar-refractivity contribution in [1.29, 1.82) is 0 Å². The topological polar surface area (TPSA) is 72.5 Å². The zero-order valence-electron chi connectivity index (χ0n) is 12.9. The lowest BCUT2D eigenvalue weighted by molar-refractivity contribution is -0.152. The number of ether oxygens (including phenoxy) is 1.